The van der Waals surface area contributed by atoms with Gasteiger partial charge >= 0.3 is 0 Å². The summed E-state index contributed by atoms with van der Waals surface area (Å²) in [5.74, 6) is 2.14. The Hall–Kier alpha value is -2.60. The quantitative estimate of drug-likeness (QED) is 0.297. The van der Waals surface area contributed by atoms with Gasteiger partial charge in [0.2, 0.25) is 0 Å². The maximum Gasteiger partial charge on any atom is 0.125 e. The van der Waals surface area contributed by atoms with Gasteiger partial charge in [0.1, 0.15) is 23.9 Å². The minimum atomic E-state index is 0.320. The van der Waals surface area contributed by atoms with Gasteiger partial charge in [-0.05, 0) is 48.0 Å². The van der Waals surface area contributed by atoms with Gasteiger partial charge in [0.25, 0.3) is 0 Å². The predicted octanol–water partition coefficient (Wildman–Crippen LogP) is 6.69. The zero-order chi connectivity index (χ0) is 21.5. The second-order valence-electron chi connectivity index (χ2n) is 6.15. The van der Waals surface area contributed by atoms with Crippen LogP contribution in [0.2, 0.25) is 15.1 Å². The molecule has 0 aromatic heterocycles. The van der Waals surface area contributed by atoms with E-state index in [1.165, 1.54) is 0 Å². The molecule has 0 aliphatic rings. The van der Waals surface area contributed by atoms with Gasteiger partial charge < -0.3 is 14.2 Å². The SMILES string of the molecule is COc1cccc(OCc2cc(C=NNc3c(Cl)cc(Cl)cc3Cl)ccc2OC)c1. The van der Waals surface area contributed by atoms with Gasteiger partial charge in [-0.1, -0.05) is 40.9 Å². The average Bonchev–Trinajstić information content (AvgIpc) is 2.74. The van der Waals surface area contributed by atoms with Crippen molar-refractivity contribution in [2.75, 3.05) is 19.6 Å². The molecule has 0 radical (unpaired) electrons. The van der Waals surface area contributed by atoms with Crippen LogP contribution in [0.3, 0.4) is 0 Å². The Bertz CT molecular complexity index is 1030. The van der Waals surface area contributed by atoms with E-state index in [4.69, 9.17) is 49.0 Å². The van der Waals surface area contributed by atoms with Crippen LogP contribution in [0.25, 0.3) is 0 Å². The highest BCUT2D eigenvalue weighted by Gasteiger charge is 2.08. The molecule has 3 aromatic rings. The summed E-state index contributed by atoms with van der Waals surface area (Å²) in [6.07, 6.45) is 1.65. The second kappa shape index (κ2) is 10.4. The van der Waals surface area contributed by atoms with Crippen molar-refractivity contribution >= 4 is 46.7 Å². The van der Waals surface area contributed by atoms with Gasteiger partial charge in [0.15, 0.2) is 0 Å². The maximum atomic E-state index is 6.16. The van der Waals surface area contributed by atoms with E-state index < -0.39 is 0 Å². The number of hydrazone groups is 1. The fourth-order valence-corrected chi connectivity index (χ4v) is 3.57. The number of methoxy groups -OCH3 is 2. The number of anilines is 1. The summed E-state index contributed by atoms with van der Waals surface area (Å²) in [4.78, 5) is 0. The molecule has 156 valence electrons. The number of hydrogen-bond acceptors (Lipinski definition) is 5. The molecule has 3 aromatic carbocycles. The molecule has 0 bridgehead atoms. The highest BCUT2D eigenvalue weighted by molar-refractivity contribution is 6.41. The number of rotatable bonds is 8. The van der Waals surface area contributed by atoms with Crippen LogP contribution in [0.4, 0.5) is 5.69 Å². The summed E-state index contributed by atoms with van der Waals surface area (Å²) in [6, 6.07) is 16.3. The lowest BCUT2D eigenvalue weighted by Crippen LogP contribution is -2.01. The first-order chi connectivity index (χ1) is 14.5. The lowest BCUT2D eigenvalue weighted by Gasteiger charge is -2.12. The van der Waals surface area contributed by atoms with Crippen LogP contribution in [0, 0.1) is 0 Å². The molecule has 0 saturated heterocycles. The van der Waals surface area contributed by atoms with Crippen molar-refractivity contribution in [1.29, 1.82) is 0 Å². The smallest absolute Gasteiger partial charge is 0.125 e. The van der Waals surface area contributed by atoms with Crippen LogP contribution >= 0.6 is 34.8 Å². The van der Waals surface area contributed by atoms with Crippen LogP contribution < -0.4 is 19.6 Å². The summed E-state index contributed by atoms with van der Waals surface area (Å²) in [6.45, 7) is 0.320. The first-order valence-corrected chi connectivity index (χ1v) is 10.0. The van der Waals surface area contributed by atoms with E-state index in [1.54, 1.807) is 32.6 Å². The van der Waals surface area contributed by atoms with E-state index >= 15 is 0 Å². The third-order valence-electron chi connectivity index (χ3n) is 4.14. The number of ether oxygens (including phenoxy) is 3. The first kappa shape index (κ1) is 22.1. The summed E-state index contributed by atoms with van der Waals surface area (Å²) >= 11 is 18.2. The molecule has 3 rings (SSSR count). The molecule has 0 fully saturated rings. The molecule has 0 saturated carbocycles. The predicted molar refractivity (Wildman–Crippen MR) is 123 cm³/mol. The van der Waals surface area contributed by atoms with E-state index in [-0.39, 0.29) is 0 Å². The van der Waals surface area contributed by atoms with E-state index in [0.29, 0.717) is 38.9 Å². The third kappa shape index (κ3) is 5.72. The Kier molecular flexibility index (Phi) is 7.69. The third-order valence-corrected chi connectivity index (χ3v) is 4.95. The zero-order valence-corrected chi connectivity index (χ0v) is 18.6. The Morgan fingerprint density at radius 2 is 1.63 bits per heavy atom. The van der Waals surface area contributed by atoms with Gasteiger partial charge in [-0.25, -0.2) is 0 Å². The van der Waals surface area contributed by atoms with Crippen LogP contribution in [0.1, 0.15) is 11.1 Å². The molecule has 1 N–H and O–H groups in total. The summed E-state index contributed by atoms with van der Waals surface area (Å²) < 4.78 is 16.5. The Morgan fingerprint density at radius 1 is 0.900 bits per heavy atom. The molecule has 0 aliphatic carbocycles. The van der Waals surface area contributed by atoms with Crippen molar-refractivity contribution in [2.24, 2.45) is 5.10 Å². The lowest BCUT2D eigenvalue weighted by molar-refractivity contribution is 0.294. The normalized spacial score (nSPS) is 10.8. The number of halogens is 3. The second-order valence-corrected chi connectivity index (χ2v) is 7.40. The molecule has 0 unspecified atom stereocenters. The highest BCUT2D eigenvalue weighted by Crippen LogP contribution is 2.33. The molecule has 0 atom stereocenters. The molecule has 8 heteroatoms. The lowest BCUT2D eigenvalue weighted by atomic mass is 10.1. The topological polar surface area (TPSA) is 52.1 Å². The highest BCUT2D eigenvalue weighted by atomic mass is 35.5. The minimum Gasteiger partial charge on any atom is -0.497 e. The zero-order valence-electron chi connectivity index (χ0n) is 16.3. The minimum absolute atomic E-state index is 0.320. The molecular formula is C22H19Cl3N2O3. The number of nitrogens with one attached hydrogen (secondary N) is 1. The van der Waals surface area contributed by atoms with Crippen molar-refractivity contribution in [3.8, 4) is 17.2 Å². The number of nitrogens with zero attached hydrogens (tertiary/aromatic N) is 1. The van der Waals surface area contributed by atoms with Crippen molar-refractivity contribution in [2.45, 2.75) is 6.61 Å². The average molecular weight is 466 g/mol. The Morgan fingerprint density at radius 3 is 2.33 bits per heavy atom. The van der Waals surface area contributed by atoms with Crippen molar-refractivity contribution in [3.63, 3.8) is 0 Å². The Balaban J connectivity index is 1.73. The van der Waals surface area contributed by atoms with Crippen molar-refractivity contribution < 1.29 is 14.2 Å². The van der Waals surface area contributed by atoms with Gasteiger partial charge in [0, 0.05) is 16.7 Å². The van der Waals surface area contributed by atoms with Gasteiger partial charge in [-0.3, -0.25) is 5.43 Å². The van der Waals surface area contributed by atoms with Gasteiger partial charge in [0.05, 0.1) is 36.2 Å². The fraction of sp³-hybridized carbons (Fsp3) is 0.136. The van der Waals surface area contributed by atoms with Crippen LogP contribution in [0.5, 0.6) is 17.2 Å². The molecule has 0 amide bonds. The monoisotopic (exact) mass is 464 g/mol. The van der Waals surface area contributed by atoms with Crippen molar-refractivity contribution in [1.82, 2.24) is 0 Å². The number of benzene rings is 3. The largest absolute Gasteiger partial charge is 0.497 e. The molecule has 0 spiro atoms. The van der Waals surface area contributed by atoms with E-state index in [2.05, 4.69) is 10.5 Å². The summed E-state index contributed by atoms with van der Waals surface area (Å²) in [5.41, 5.74) is 5.04. The van der Waals surface area contributed by atoms with Gasteiger partial charge in [-0.2, -0.15) is 5.10 Å². The summed E-state index contributed by atoms with van der Waals surface area (Å²) in [5, 5.41) is 5.43. The molecule has 30 heavy (non-hydrogen) atoms. The van der Waals surface area contributed by atoms with Crippen molar-refractivity contribution in [3.05, 3.63) is 80.8 Å². The molecule has 0 heterocycles. The Labute approximate surface area is 190 Å². The van der Waals surface area contributed by atoms with E-state index in [1.807, 2.05) is 42.5 Å². The maximum absolute atomic E-state index is 6.16. The van der Waals surface area contributed by atoms with E-state index in [9.17, 15) is 0 Å². The first-order valence-electron chi connectivity index (χ1n) is 8.87. The standard InChI is InChI=1S/C22H19Cl3N2O3/c1-28-17-4-3-5-18(11-17)30-13-15-8-14(6-7-21(15)29-2)12-26-27-22-19(24)9-16(23)10-20(22)25/h3-12,27H,13H2,1-2H3. The van der Waals surface area contributed by atoms with Crippen LogP contribution in [0.15, 0.2) is 59.7 Å². The number of hydrogen-bond donors (Lipinski definition) is 1. The van der Waals surface area contributed by atoms with Gasteiger partial charge in [-0.15, -0.1) is 0 Å². The summed E-state index contributed by atoms with van der Waals surface area (Å²) in [7, 11) is 3.23. The fourth-order valence-electron chi connectivity index (χ4n) is 2.66. The van der Waals surface area contributed by atoms with Crippen LogP contribution in [-0.4, -0.2) is 20.4 Å². The molecule has 5 nitrogen and oxygen atoms in total. The van der Waals surface area contributed by atoms with E-state index in [0.717, 1.165) is 16.9 Å². The van der Waals surface area contributed by atoms with Crippen LogP contribution in [-0.2, 0) is 6.61 Å². The molecule has 0 aliphatic heterocycles. The molecular weight excluding hydrogens is 447 g/mol.